The first-order valence-electron chi connectivity index (χ1n) is 6.61. The van der Waals surface area contributed by atoms with Gasteiger partial charge < -0.3 is 0 Å². The van der Waals surface area contributed by atoms with Gasteiger partial charge in [0, 0.05) is 12.8 Å². The van der Waals surface area contributed by atoms with Gasteiger partial charge in [0.15, 0.2) is 0 Å². The SMILES string of the molecule is O=C(Cc1ccc(Cl)c(F)c1)CC1CCCCC1. The fourth-order valence-electron chi connectivity index (χ4n) is 2.66. The smallest absolute Gasteiger partial charge is 0.142 e. The van der Waals surface area contributed by atoms with E-state index in [1.54, 1.807) is 6.07 Å². The number of Topliss-reactive ketones (excluding diaryl/α,β-unsaturated/α-hetero) is 1. The lowest BCUT2D eigenvalue weighted by molar-refractivity contribution is -0.119. The van der Waals surface area contributed by atoms with Gasteiger partial charge in [-0.05, 0) is 23.6 Å². The summed E-state index contributed by atoms with van der Waals surface area (Å²) in [5.41, 5.74) is 0.720. The molecule has 1 aromatic carbocycles. The zero-order chi connectivity index (χ0) is 13.0. The van der Waals surface area contributed by atoms with Crippen LogP contribution in [0.3, 0.4) is 0 Å². The first kappa shape index (κ1) is 13.5. The maximum absolute atomic E-state index is 13.2. The van der Waals surface area contributed by atoms with Gasteiger partial charge in [0.25, 0.3) is 0 Å². The molecular weight excluding hydrogens is 251 g/mol. The third kappa shape index (κ3) is 3.81. The molecule has 1 nitrogen and oxygen atoms in total. The van der Waals surface area contributed by atoms with Crippen LogP contribution in [0.1, 0.15) is 44.1 Å². The highest BCUT2D eigenvalue weighted by molar-refractivity contribution is 6.30. The van der Waals surface area contributed by atoms with Gasteiger partial charge in [0.05, 0.1) is 5.02 Å². The summed E-state index contributed by atoms with van der Waals surface area (Å²) in [6, 6.07) is 4.60. The minimum absolute atomic E-state index is 0.110. The van der Waals surface area contributed by atoms with Crippen LogP contribution in [-0.4, -0.2) is 5.78 Å². The quantitative estimate of drug-likeness (QED) is 0.782. The summed E-state index contributed by atoms with van der Waals surface area (Å²) in [6.07, 6.45) is 7.09. The van der Waals surface area contributed by atoms with E-state index in [4.69, 9.17) is 11.6 Å². The van der Waals surface area contributed by atoms with Crippen LogP contribution in [0.4, 0.5) is 4.39 Å². The number of hydrogen-bond acceptors (Lipinski definition) is 1. The second-order valence-electron chi connectivity index (χ2n) is 5.17. The summed E-state index contributed by atoms with van der Waals surface area (Å²) in [7, 11) is 0. The Labute approximate surface area is 112 Å². The molecule has 0 unspecified atom stereocenters. The number of carbonyl (C=O) groups excluding carboxylic acids is 1. The second kappa shape index (κ2) is 6.33. The Hall–Kier alpha value is -0.890. The van der Waals surface area contributed by atoms with Crippen molar-refractivity contribution in [3.05, 3.63) is 34.6 Å². The van der Waals surface area contributed by atoms with Crippen LogP contribution in [0.15, 0.2) is 18.2 Å². The lowest BCUT2D eigenvalue weighted by atomic mass is 9.85. The van der Waals surface area contributed by atoms with E-state index in [9.17, 15) is 9.18 Å². The third-order valence-electron chi connectivity index (χ3n) is 3.63. The highest BCUT2D eigenvalue weighted by Gasteiger charge is 2.17. The van der Waals surface area contributed by atoms with E-state index in [-0.39, 0.29) is 10.8 Å². The highest BCUT2D eigenvalue weighted by atomic mass is 35.5. The largest absolute Gasteiger partial charge is 0.299 e. The van der Waals surface area contributed by atoms with Crippen LogP contribution in [0, 0.1) is 11.7 Å². The molecule has 0 spiro atoms. The molecule has 1 aliphatic carbocycles. The van der Waals surface area contributed by atoms with E-state index in [2.05, 4.69) is 0 Å². The molecule has 18 heavy (non-hydrogen) atoms. The number of ketones is 1. The summed E-state index contributed by atoms with van der Waals surface area (Å²) >= 11 is 5.61. The van der Waals surface area contributed by atoms with Crippen molar-refractivity contribution in [2.45, 2.75) is 44.9 Å². The molecule has 0 bridgehead atoms. The van der Waals surface area contributed by atoms with Gasteiger partial charge in [0.2, 0.25) is 0 Å². The van der Waals surface area contributed by atoms with E-state index in [0.29, 0.717) is 18.8 Å². The average Bonchev–Trinajstić information content (AvgIpc) is 2.35. The zero-order valence-electron chi connectivity index (χ0n) is 10.4. The molecule has 1 saturated carbocycles. The summed E-state index contributed by atoms with van der Waals surface area (Å²) in [4.78, 5) is 11.9. The molecule has 0 N–H and O–H groups in total. The van der Waals surface area contributed by atoms with Crippen molar-refractivity contribution < 1.29 is 9.18 Å². The first-order valence-corrected chi connectivity index (χ1v) is 6.98. The van der Waals surface area contributed by atoms with E-state index in [0.717, 1.165) is 5.56 Å². The normalized spacial score (nSPS) is 16.8. The molecular formula is C15H18ClFO. The Morgan fingerprint density at radius 3 is 2.67 bits per heavy atom. The number of hydrogen-bond donors (Lipinski definition) is 0. The number of rotatable bonds is 4. The number of carbonyl (C=O) groups is 1. The van der Waals surface area contributed by atoms with Crippen LogP contribution >= 0.6 is 11.6 Å². The van der Waals surface area contributed by atoms with Gasteiger partial charge in [0.1, 0.15) is 11.6 Å². The summed E-state index contributed by atoms with van der Waals surface area (Å²) in [6.45, 7) is 0. The Balaban J connectivity index is 1.88. The molecule has 0 aliphatic heterocycles. The lowest BCUT2D eigenvalue weighted by Gasteiger charge is -2.20. The topological polar surface area (TPSA) is 17.1 Å². The Morgan fingerprint density at radius 2 is 2.00 bits per heavy atom. The second-order valence-corrected chi connectivity index (χ2v) is 5.58. The van der Waals surface area contributed by atoms with E-state index in [1.165, 1.54) is 44.2 Å². The van der Waals surface area contributed by atoms with Crippen molar-refractivity contribution in [1.82, 2.24) is 0 Å². The van der Waals surface area contributed by atoms with Gasteiger partial charge in [-0.25, -0.2) is 4.39 Å². The van der Waals surface area contributed by atoms with Gasteiger partial charge in [-0.2, -0.15) is 0 Å². The Kier molecular flexibility index (Phi) is 4.76. The summed E-state index contributed by atoms with van der Waals surface area (Å²) in [5, 5.41) is 0.110. The maximum Gasteiger partial charge on any atom is 0.142 e. The van der Waals surface area contributed by atoms with Gasteiger partial charge >= 0.3 is 0 Å². The monoisotopic (exact) mass is 268 g/mol. The van der Waals surface area contributed by atoms with Crippen LogP contribution in [0.5, 0.6) is 0 Å². The number of halogens is 2. The highest BCUT2D eigenvalue weighted by Crippen LogP contribution is 2.27. The molecule has 0 radical (unpaired) electrons. The van der Waals surface area contributed by atoms with E-state index >= 15 is 0 Å². The zero-order valence-corrected chi connectivity index (χ0v) is 11.2. The molecule has 0 heterocycles. The molecule has 0 saturated heterocycles. The van der Waals surface area contributed by atoms with Crippen molar-refractivity contribution in [3.63, 3.8) is 0 Å². The minimum atomic E-state index is -0.445. The van der Waals surface area contributed by atoms with Crippen molar-refractivity contribution in [3.8, 4) is 0 Å². The molecule has 1 aliphatic rings. The van der Waals surface area contributed by atoms with Crippen LogP contribution in [0.25, 0.3) is 0 Å². The van der Waals surface area contributed by atoms with Gasteiger partial charge in [-0.3, -0.25) is 4.79 Å². The third-order valence-corrected chi connectivity index (χ3v) is 3.93. The predicted octanol–water partition coefficient (Wildman–Crippen LogP) is 4.56. The molecule has 0 amide bonds. The first-order chi connectivity index (χ1) is 8.65. The molecule has 98 valence electrons. The molecule has 1 aromatic rings. The molecule has 0 atom stereocenters. The van der Waals surface area contributed by atoms with Gasteiger partial charge in [-0.1, -0.05) is 49.8 Å². The molecule has 0 aromatic heterocycles. The van der Waals surface area contributed by atoms with E-state index < -0.39 is 5.82 Å². The standard InChI is InChI=1S/C15H18ClFO/c16-14-7-6-12(10-15(14)17)9-13(18)8-11-4-2-1-3-5-11/h6-7,10-11H,1-5,8-9H2. The summed E-state index contributed by atoms with van der Waals surface area (Å²) < 4.78 is 13.2. The van der Waals surface area contributed by atoms with E-state index in [1.807, 2.05) is 0 Å². The average molecular weight is 269 g/mol. The molecule has 1 fully saturated rings. The molecule has 3 heteroatoms. The van der Waals surface area contributed by atoms with Gasteiger partial charge in [-0.15, -0.1) is 0 Å². The molecule has 2 rings (SSSR count). The Bertz CT molecular complexity index is 425. The fraction of sp³-hybridized carbons (Fsp3) is 0.533. The Morgan fingerprint density at radius 1 is 1.28 bits per heavy atom. The summed E-state index contributed by atoms with van der Waals surface area (Å²) in [5.74, 6) is 0.312. The van der Waals surface area contributed by atoms with Crippen LogP contribution < -0.4 is 0 Å². The maximum atomic E-state index is 13.2. The number of benzene rings is 1. The van der Waals surface area contributed by atoms with Crippen molar-refractivity contribution in [2.75, 3.05) is 0 Å². The lowest BCUT2D eigenvalue weighted by Crippen LogP contribution is -2.13. The minimum Gasteiger partial charge on any atom is -0.299 e. The fourth-order valence-corrected chi connectivity index (χ4v) is 2.78. The van der Waals surface area contributed by atoms with Crippen molar-refractivity contribution >= 4 is 17.4 Å². The predicted molar refractivity (Wildman–Crippen MR) is 71.3 cm³/mol. The van der Waals surface area contributed by atoms with Crippen LogP contribution in [0.2, 0.25) is 5.02 Å². The van der Waals surface area contributed by atoms with Crippen LogP contribution in [-0.2, 0) is 11.2 Å². The van der Waals surface area contributed by atoms with Crippen molar-refractivity contribution in [1.29, 1.82) is 0 Å². The van der Waals surface area contributed by atoms with Crippen molar-refractivity contribution in [2.24, 2.45) is 5.92 Å².